The summed E-state index contributed by atoms with van der Waals surface area (Å²) in [6.45, 7) is 9.65. The van der Waals surface area contributed by atoms with E-state index in [2.05, 4.69) is 17.2 Å². The number of nitrogens with zero attached hydrogens (tertiary/aromatic N) is 1. The lowest BCUT2D eigenvalue weighted by Crippen LogP contribution is -2.12. The van der Waals surface area contributed by atoms with Gasteiger partial charge in [0.1, 0.15) is 17.2 Å². The Balaban J connectivity index is 2.42. The number of aryl methyl sites for hydroxylation is 2. The molecule has 92 valence electrons. The molecule has 0 aromatic carbocycles. The Bertz CT molecular complexity index is 511. The topological polar surface area (TPSA) is 51.2 Å². The van der Waals surface area contributed by atoms with Gasteiger partial charge in [-0.2, -0.15) is 0 Å². The van der Waals surface area contributed by atoms with Crippen molar-refractivity contribution in [3.63, 3.8) is 0 Å². The zero-order chi connectivity index (χ0) is 12.4. The summed E-state index contributed by atoms with van der Waals surface area (Å²) >= 11 is 0. The Morgan fingerprint density at radius 1 is 1.24 bits per heavy atom. The third-order valence-corrected chi connectivity index (χ3v) is 2.97. The van der Waals surface area contributed by atoms with Crippen molar-refractivity contribution in [1.29, 1.82) is 0 Å². The Kier molecular flexibility index (Phi) is 3.33. The number of hydrogen-bond donors (Lipinski definition) is 1. The van der Waals surface area contributed by atoms with E-state index in [1.165, 1.54) is 6.39 Å². The Morgan fingerprint density at radius 2 is 2.00 bits per heavy atom. The van der Waals surface area contributed by atoms with Crippen LogP contribution in [0.25, 0.3) is 11.3 Å². The second kappa shape index (κ2) is 4.75. The van der Waals surface area contributed by atoms with Gasteiger partial charge in [0.2, 0.25) is 0 Å². The molecule has 4 nitrogen and oxygen atoms in total. The van der Waals surface area contributed by atoms with E-state index in [1.807, 2.05) is 20.8 Å². The van der Waals surface area contributed by atoms with Crippen LogP contribution >= 0.6 is 0 Å². The second-order valence-corrected chi connectivity index (χ2v) is 4.12. The Labute approximate surface area is 101 Å². The van der Waals surface area contributed by atoms with E-state index in [0.29, 0.717) is 6.54 Å². The van der Waals surface area contributed by atoms with Gasteiger partial charge in [0.25, 0.3) is 0 Å². The van der Waals surface area contributed by atoms with Crippen LogP contribution < -0.4 is 5.32 Å². The van der Waals surface area contributed by atoms with Crippen molar-refractivity contribution < 1.29 is 8.83 Å². The molecule has 0 atom stereocenters. The van der Waals surface area contributed by atoms with E-state index in [9.17, 15) is 0 Å². The summed E-state index contributed by atoms with van der Waals surface area (Å²) in [4.78, 5) is 4.25. The average Bonchev–Trinajstić information content (AvgIpc) is 2.82. The summed E-state index contributed by atoms with van der Waals surface area (Å²) in [6.07, 6.45) is 1.49. The quantitative estimate of drug-likeness (QED) is 0.883. The zero-order valence-electron chi connectivity index (χ0n) is 10.8. The van der Waals surface area contributed by atoms with Crippen LogP contribution in [0.4, 0.5) is 0 Å². The number of oxazole rings is 1. The van der Waals surface area contributed by atoms with Gasteiger partial charge in [-0.25, -0.2) is 4.98 Å². The number of nitrogens with one attached hydrogen (secondary N) is 1. The van der Waals surface area contributed by atoms with E-state index in [1.54, 1.807) is 0 Å². The lowest BCUT2D eigenvalue weighted by atomic mass is 10.1. The minimum absolute atomic E-state index is 0.714. The lowest BCUT2D eigenvalue weighted by Gasteiger charge is -2.02. The molecule has 0 amide bonds. The molecule has 0 unspecified atom stereocenters. The van der Waals surface area contributed by atoms with Gasteiger partial charge in [0, 0.05) is 12.1 Å². The van der Waals surface area contributed by atoms with Crippen molar-refractivity contribution in [3.8, 4) is 11.3 Å². The van der Waals surface area contributed by atoms with Gasteiger partial charge in [0.15, 0.2) is 12.2 Å². The normalized spacial score (nSPS) is 11.1. The van der Waals surface area contributed by atoms with Gasteiger partial charge in [0.05, 0.1) is 5.56 Å². The van der Waals surface area contributed by atoms with Crippen LogP contribution in [0.3, 0.4) is 0 Å². The maximum Gasteiger partial charge on any atom is 0.181 e. The van der Waals surface area contributed by atoms with Crippen molar-refractivity contribution in [2.24, 2.45) is 0 Å². The van der Waals surface area contributed by atoms with E-state index in [4.69, 9.17) is 8.83 Å². The molecule has 2 aromatic heterocycles. The molecule has 0 bridgehead atoms. The third kappa shape index (κ3) is 2.13. The molecule has 0 aliphatic rings. The first-order valence-electron chi connectivity index (χ1n) is 5.85. The summed E-state index contributed by atoms with van der Waals surface area (Å²) in [5, 5.41) is 3.25. The van der Waals surface area contributed by atoms with Crippen LogP contribution in [-0.4, -0.2) is 11.5 Å². The minimum atomic E-state index is 0.714. The molecular weight excluding hydrogens is 216 g/mol. The molecular formula is C13H18N2O2. The first-order valence-corrected chi connectivity index (χ1v) is 5.85. The van der Waals surface area contributed by atoms with Crippen LogP contribution in [0.15, 0.2) is 15.2 Å². The maximum atomic E-state index is 5.62. The lowest BCUT2D eigenvalue weighted by molar-refractivity contribution is 0.501. The van der Waals surface area contributed by atoms with Crippen molar-refractivity contribution in [2.75, 3.05) is 6.54 Å². The maximum absolute atomic E-state index is 5.62. The van der Waals surface area contributed by atoms with Crippen LogP contribution in [0, 0.1) is 20.8 Å². The predicted molar refractivity (Wildman–Crippen MR) is 65.8 cm³/mol. The smallest absolute Gasteiger partial charge is 0.181 e. The van der Waals surface area contributed by atoms with Crippen molar-refractivity contribution in [2.45, 2.75) is 34.2 Å². The van der Waals surface area contributed by atoms with Crippen LogP contribution in [-0.2, 0) is 6.54 Å². The molecule has 0 aliphatic carbocycles. The Hall–Kier alpha value is -1.55. The summed E-state index contributed by atoms with van der Waals surface area (Å²) in [7, 11) is 0. The van der Waals surface area contributed by atoms with Gasteiger partial charge in [-0.1, -0.05) is 6.92 Å². The molecule has 0 fully saturated rings. The second-order valence-electron chi connectivity index (χ2n) is 4.12. The number of hydrogen-bond acceptors (Lipinski definition) is 4. The third-order valence-electron chi connectivity index (χ3n) is 2.97. The average molecular weight is 234 g/mol. The number of aromatic nitrogens is 1. The first-order chi connectivity index (χ1) is 8.15. The van der Waals surface area contributed by atoms with Crippen molar-refractivity contribution >= 4 is 0 Å². The van der Waals surface area contributed by atoms with Gasteiger partial charge >= 0.3 is 0 Å². The summed E-state index contributed by atoms with van der Waals surface area (Å²) in [5.41, 5.74) is 3.09. The van der Waals surface area contributed by atoms with Gasteiger partial charge in [-0.3, -0.25) is 0 Å². The molecule has 0 saturated carbocycles. The largest absolute Gasteiger partial charge is 0.466 e. The van der Waals surface area contributed by atoms with Crippen LogP contribution in [0.5, 0.6) is 0 Å². The summed E-state index contributed by atoms with van der Waals surface area (Å²) in [6, 6.07) is 0. The monoisotopic (exact) mass is 234 g/mol. The minimum Gasteiger partial charge on any atom is -0.466 e. The van der Waals surface area contributed by atoms with E-state index >= 15 is 0 Å². The van der Waals surface area contributed by atoms with E-state index < -0.39 is 0 Å². The SMILES string of the molecule is CCNCc1ncoc1-c1c(C)oc(C)c1C. The van der Waals surface area contributed by atoms with Gasteiger partial charge in [-0.15, -0.1) is 0 Å². The molecule has 0 radical (unpaired) electrons. The predicted octanol–water partition coefficient (Wildman–Crippen LogP) is 2.97. The van der Waals surface area contributed by atoms with Gasteiger partial charge < -0.3 is 14.2 Å². The molecule has 2 rings (SSSR count). The fourth-order valence-corrected chi connectivity index (χ4v) is 1.97. The summed E-state index contributed by atoms with van der Waals surface area (Å²) < 4.78 is 11.1. The number of furan rings is 1. The highest BCUT2D eigenvalue weighted by Crippen LogP contribution is 2.33. The van der Waals surface area contributed by atoms with Crippen molar-refractivity contribution in [3.05, 3.63) is 29.2 Å². The first kappa shape index (κ1) is 11.9. The molecule has 2 heterocycles. The standard InChI is InChI=1S/C13H18N2O2/c1-5-14-6-11-13(16-7-15-11)12-8(2)9(3)17-10(12)4/h7,14H,5-6H2,1-4H3. The molecule has 0 spiro atoms. The molecule has 4 heteroatoms. The van der Waals surface area contributed by atoms with Crippen molar-refractivity contribution in [1.82, 2.24) is 10.3 Å². The van der Waals surface area contributed by atoms with E-state index in [0.717, 1.165) is 40.6 Å². The van der Waals surface area contributed by atoms with E-state index in [-0.39, 0.29) is 0 Å². The molecule has 2 aromatic rings. The van der Waals surface area contributed by atoms with Crippen LogP contribution in [0.1, 0.15) is 29.7 Å². The highest BCUT2D eigenvalue weighted by atomic mass is 16.4. The highest BCUT2D eigenvalue weighted by molar-refractivity contribution is 5.67. The molecule has 0 aliphatic heterocycles. The molecule has 0 saturated heterocycles. The summed E-state index contributed by atoms with van der Waals surface area (Å²) in [5.74, 6) is 2.63. The molecule has 1 N–H and O–H groups in total. The highest BCUT2D eigenvalue weighted by Gasteiger charge is 2.19. The van der Waals surface area contributed by atoms with Crippen LogP contribution in [0.2, 0.25) is 0 Å². The Morgan fingerprint density at radius 3 is 2.59 bits per heavy atom. The van der Waals surface area contributed by atoms with Gasteiger partial charge in [-0.05, 0) is 27.3 Å². The fourth-order valence-electron chi connectivity index (χ4n) is 1.97. The zero-order valence-corrected chi connectivity index (χ0v) is 10.8. The number of rotatable bonds is 4. The molecule has 17 heavy (non-hydrogen) atoms. The fraction of sp³-hybridized carbons (Fsp3) is 0.462.